The number of ether oxygens (including phenoxy) is 1. The van der Waals surface area contributed by atoms with Gasteiger partial charge in [0.15, 0.2) is 17.3 Å². The molecule has 2 rings (SSSR count). The lowest BCUT2D eigenvalue weighted by Crippen LogP contribution is -2.03. The maximum Gasteiger partial charge on any atom is 0.236 e. The third-order valence-electron chi connectivity index (χ3n) is 3.18. The number of aliphatic hydroxyl groups excluding tert-OH is 1. The van der Waals surface area contributed by atoms with Crippen molar-refractivity contribution in [1.29, 1.82) is 0 Å². The average molecular weight is 467 g/mol. The van der Waals surface area contributed by atoms with Crippen LogP contribution in [0.1, 0.15) is 11.1 Å². The van der Waals surface area contributed by atoms with Gasteiger partial charge in [-0.3, -0.25) is 9.59 Å². The van der Waals surface area contributed by atoms with Gasteiger partial charge in [0.1, 0.15) is 5.75 Å². The van der Waals surface area contributed by atoms with Crippen molar-refractivity contribution in [2.24, 2.45) is 0 Å². The summed E-state index contributed by atoms with van der Waals surface area (Å²) in [5, 5.41) is 26.6. The Morgan fingerprint density at radius 1 is 1.03 bits per heavy atom. The number of aromatic hydroxyl groups is 2. The van der Waals surface area contributed by atoms with Gasteiger partial charge in [-0.1, -0.05) is 12.1 Å². The molecule has 0 aliphatic carbocycles. The molecule has 0 aliphatic rings. The first-order valence-electron chi connectivity index (χ1n) is 8.04. The highest BCUT2D eigenvalue weighted by molar-refractivity contribution is 6.67. The second-order valence-electron chi connectivity index (χ2n) is 5.39. The van der Waals surface area contributed by atoms with E-state index in [2.05, 4.69) is 0 Å². The zero-order chi connectivity index (χ0) is 22.4. The number of ketones is 1. The van der Waals surface area contributed by atoms with Crippen molar-refractivity contribution in [2.45, 2.75) is 13.0 Å². The van der Waals surface area contributed by atoms with Crippen LogP contribution in [0, 0.1) is 0 Å². The van der Waals surface area contributed by atoms with Crippen molar-refractivity contribution >= 4 is 51.5 Å². The number of hydrogen-bond donors (Lipinski definition) is 4. The molecule has 0 unspecified atom stereocenters. The molecule has 7 nitrogen and oxygen atoms in total. The molecule has 29 heavy (non-hydrogen) atoms. The van der Waals surface area contributed by atoms with Crippen LogP contribution >= 0.6 is 34.8 Å². The number of alkyl halides is 2. The number of nitrogens with two attached hydrogens (primary N) is 1. The van der Waals surface area contributed by atoms with Crippen molar-refractivity contribution in [3.63, 3.8) is 0 Å². The van der Waals surface area contributed by atoms with E-state index in [-0.39, 0.29) is 42.1 Å². The van der Waals surface area contributed by atoms with Gasteiger partial charge in [0.05, 0.1) is 25.5 Å². The Morgan fingerprint density at radius 3 is 2.07 bits per heavy atom. The molecule has 2 aromatic rings. The van der Waals surface area contributed by atoms with Crippen molar-refractivity contribution in [1.82, 2.24) is 0 Å². The normalized spacial score (nSPS) is 9.41. The third kappa shape index (κ3) is 11.4. The Hall–Kier alpha value is -2.19. The fraction of sp³-hybridized carbons (Fsp3) is 0.263. The number of rotatable bonds is 6. The number of benzene rings is 2. The number of hydrogen-bond acceptors (Lipinski definition) is 7. The monoisotopic (exact) mass is 465 g/mol. The summed E-state index contributed by atoms with van der Waals surface area (Å²) >= 11 is 14.9. The molecule has 0 saturated carbocycles. The standard InChI is InChI=1S/C10H11ClO3.C7H9NO2.C2H2Cl2O/c1-14-10-3-2-7(5-9(10)13)4-8(12)6-11;8-6-2-1-5(4-9)7(10)3-6;3-1-2(4)5/h2-3,5,13H,4,6H2,1H3;1-3,9-10H,4,8H2;1H2. The van der Waals surface area contributed by atoms with Crippen LogP contribution in [0.2, 0.25) is 0 Å². The lowest BCUT2D eigenvalue weighted by atomic mass is 10.1. The molecule has 0 fully saturated rings. The summed E-state index contributed by atoms with van der Waals surface area (Å²) < 4.78 is 4.87. The molecule has 0 saturated heterocycles. The van der Waals surface area contributed by atoms with E-state index in [0.717, 1.165) is 5.56 Å². The van der Waals surface area contributed by atoms with Crippen LogP contribution in [0.5, 0.6) is 17.2 Å². The van der Waals surface area contributed by atoms with Crippen LogP contribution in [-0.4, -0.2) is 45.2 Å². The maximum atomic E-state index is 11.0. The minimum atomic E-state index is -0.508. The Balaban J connectivity index is 0.000000455. The number of aliphatic hydroxyl groups is 1. The lowest BCUT2D eigenvalue weighted by molar-refractivity contribution is -0.116. The highest BCUT2D eigenvalue weighted by Gasteiger charge is 2.06. The van der Waals surface area contributed by atoms with Crippen LogP contribution in [0.25, 0.3) is 0 Å². The zero-order valence-electron chi connectivity index (χ0n) is 15.6. The van der Waals surface area contributed by atoms with E-state index in [1.165, 1.54) is 19.2 Å². The van der Waals surface area contributed by atoms with Gasteiger partial charge >= 0.3 is 0 Å². The van der Waals surface area contributed by atoms with Crippen LogP contribution < -0.4 is 10.5 Å². The molecule has 10 heteroatoms. The van der Waals surface area contributed by atoms with E-state index >= 15 is 0 Å². The zero-order valence-corrected chi connectivity index (χ0v) is 17.8. The average Bonchev–Trinajstić information content (AvgIpc) is 2.69. The number of phenols is 2. The molecule has 0 aliphatic heterocycles. The first kappa shape index (κ1) is 26.8. The van der Waals surface area contributed by atoms with E-state index in [0.29, 0.717) is 17.0 Å². The predicted octanol–water partition coefficient (Wildman–Crippen LogP) is 3.21. The van der Waals surface area contributed by atoms with E-state index < -0.39 is 5.24 Å². The summed E-state index contributed by atoms with van der Waals surface area (Å²) in [7, 11) is 1.47. The van der Waals surface area contributed by atoms with Gasteiger partial charge in [0, 0.05) is 23.7 Å². The number of halogens is 3. The Morgan fingerprint density at radius 2 is 1.66 bits per heavy atom. The molecule has 2 aromatic carbocycles. The molecule has 160 valence electrons. The van der Waals surface area contributed by atoms with Crippen LogP contribution in [0.4, 0.5) is 5.69 Å². The summed E-state index contributed by atoms with van der Waals surface area (Å²) in [6, 6.07) is 9.47. The highest BCUT2D eigenvalue weighted by atomic mass is 35.5. The SMILES string of the molecule is COc1ccc(CC(=O)CCl)cc1O.Nc1ccc(CO)c(O)c1.O=C(Cl)CCl. The highest BCUT2D eigenvalue weighted by Crippen LogP contribution is 2.26. The number of Topliss-reactive ketones (excluding diaryl/α,β-unsaturated/α-hetero) is 1. The van der Waals surface area contributed by atoms with Gasteiger partial charge in [-0.25, -0.2) is 0 Å². The summed E-state index contributed by atoms with van der Waals surface area (Å²) in [5.74, 6) is 0.298. The second kappa shape index (κ2) is 14.8. The summed E-state index contributed by atoms with van der Waals surface area (Å²) in [6.45, 7) is -0.161. The lowest BCUT2D eigenvalue weighted by Gasteiger charge is -2.04. The molecule has 0 heterocycles. The minimum absolute atomic E-state index is 0.00715. The molecule has 0 spiro atoms. The van der Waals surface area contributed by atoms with Crippen molar-refractivity contribution in [3.8, 4) is 17.2 Å². The summed E-state index contributed by atoms with van der Waals surface area (Å²) in [5.41, 5.74) is 7.06. The molecular weight excluding hydrogens is 445 g/mol. The van der Waals surface area contributed by atoms with Gasteiger partial charge in [-0.05, 0) is 35.4 Å². The maximum absolute atomic E-state index is 11.0. The van der Waals surface area contributed by atoms with Gasteiger partial charge in [0.2, 0.25) is 5.24 Å². The van der Waals surface area contributed by atoms with Crippen molar-refractivity contribution in [3.05, 3.63) is 47.5 Å². The number of nitrogen functional groups attached to an aromatic ring is 1. The van der Waals surface area contributed by atoms with Crippen LogP contribution in [-0.2, 0) is 22.6 Å². The summed E-state index contributed by atoms with van der Waals surface area (Å²) in [4.78, 5) is 20.4. The molecule has 5 N–H and O–H groups in total. The third-order valence-corrected chi connectivity index (χ3v) is 3.99. The molecule has 0 amide bonds. The van der Waals surface area contributed by atoms with Crippen LogP contribution in [0.15, 0.2) is 36.4 Å². The van der Waals surface area contributed by atoms with Gasteiger partial charge < -0.3 is 25.8 Å². The minimum Gasteiger partial charge on any atom is -0.508 e. The number of phenolic OH excluding ortho intramolecular Hbond substituents is 1. The molecular formula is C19H22Cl3NO6. The number of carbonyl (C=O) groups excluding carboxylic acids is 2. The quantitative estimate of drug-likeness (QED) is 0.292. The van der Waals surface area contributed by atoms with Crippen molar-refractivity contribution < 1.29 is 29.6 Å². The second-order valence-corrected chi connectivity index (χ2v) is 6.35. The number of anilines is 1. The van der Waals surface area contributed by atoms with E-state index in [4.69, 9.17) is 55.5 Å². The summed E-state index contributed by atoms with van der Waals surface area (Å²) in [6.07, 6.45) is 0.237. The molecule has 0 bridgehead atoms. The van der Waals surface area contributed by atoms with Gasteiger partial charge in [-0.15, -0.1) is 23.2 Å². The molecule has 0 aromatic heterocycles. The van der Waals surface area contributed by atoms with Crippen LogP contribution in [0.3, 0.4) is 0 Å². The van der Waals surface area contributed by atoms with Gasteiger partial charge in [-0.2, -0.15) is 0 Å². The van der Waals surface area contributed by atoms with E-state index in [1.807, 2.05) is 0 Å². The first-order chi connectivity index (χ1) is 13.7. The largest absolute Gasteiger partial charge is 0.508 e. The fourth-order valence-electron chi connectivity index (χ4n) is 1.84. The Labute approximate surface area is 183 Å². The fourth-order valence-corrected chi connectivity index (χ4v) is 1.93. The van der Waals surface area contributed by atoms with Crippen molar-refractivity contribution in [2.75, 3.05) is 24.6 Å². The number of carbonyl (C=O) groups is 2. The first-order valence-corrected chi connectivity index (χ1v) is 9.49. The topological polar surface area (TPSA) is 130 Å². The Kier molecular flexibility index (Phi) is 13.6. The smallest absolute Gasteiger partial charge is 0.236 e. The predicted molar refractivity (Wildman–Crippen MR) is 114 cm³/mol. The molecule has 0 radical (unpaired) electrons. The van der Waals surface area contributed by atoms with E-state index in [1.54, 1.807) is 24.3 Å². The molecule has 0 atom stereocenters. The van der Waals surface area contributed by atoms with Gasteiger partial charge in [0.25, 0.3) is 0 Å². The number of methoxy groups -OCH3 is 1. The van der Waals surface area contributed by atoms with E-state index in [9.17, 15) is 14.7 Å². The Bertz CT molecular complexity index is 802.